The quantitative estimate of drug-likeness (QED) is 0.434. The molecule has 1 unspecified atom stereocenters. The van der Waals surface area contributed by atoms with Crippen molar-refractivity contribution in [1.82, 2.24) is 19.5 Å². The summed E-state index contributed by atoms with van der Waals surface area (Å²) in [5, 5.41) is 1.09. The molecule has 0 bridgehead atoms. The fraction of sp³-hybridized carbons (Fsp3) is 0.421. The van der Waals surface area contributed by atoms with Crippen LogP contribution in [0.2, 0.25) is 0 Å². The van der Waals surface area contributed by atoms with Crippen LogP contribution in [0.25, 0.3) is 16.7 Å². The second-order valence-corrected chi connectivity index (χ2v) is 12.9. The lowest BCUT2D eigenvalue weighted by Crippen LogP contribution is -2.11. The molecule has 3 aromatic rings. The first-order chi connectivity index (χ1) is 12.7. The van der Waals surface area contributed by atoms with E-state index in [4.69, 9.17) is 10.5 Å². The highest BCUT2D eigenvalue weighted by Gasteiger charge is 2.17. The average molecular weight is 452 g/mol. The number of nitrogen functional groups attached to an aromatic ring is 1. The third kappa shape index (κ3) is 5.00. The van der Waals surface area contributed by atoms with E-state index in [0.717, 1.165) is 33.7 Å². The van der Waals surface area contributed by atoms with Crippen molar-refractivity contribution in [3.63, 3.8) is 0 Å². The van der Waals surface area contributed by atoms with Gasteiger partial charge < -0.3 is 15.0 Å². The first-order valence-electron chi connectivity index (χ1n) is 8.74. The van der Waals surface area contributed by atoms with Gasteiger partial charge in [0.25, 0.3) is 0 Å². The molecule has 0 spiro atoms. The molecule has 0 aliphatic carbocycles. The second-order valence-electron chi connectivity index (χ2n) is 7.52. The molecule has 146 valence electrons. The van der Waals surface area contributed by atoms with Crippen molar-refractivity contribution >= 4 is 42.8 Å². The number of anilines is 1. The fourth-order valence-corrected chi connectivity index (χ4v) is 3.80. The number of nitrogens with two attached hydrogens (primary N) is 1. The monoisotopic (exact) mass is 451 g/mol. The number of halogens is 1. The van der Waals surface area contributed by atoms with E-state index in [2.05, 4.69) is 62.8 Å². The zero-order valence-corrected chi connectivity index (χ0v) is 18.5. The first-order valence-corrected chi connectivity index (χ1v) is 12.6. The second kappa shape index (κ2) is 8.16. The van der Waals surface area contributed by atoms with Gasteiger partial charge in [0.15, 0.2) is 0 Å². The molecule has 3 aromatic heterocycles. The Balaban J connectivity index is 1.89. The van der Waals surface area contributed by atoms with Crippen molar-refractivity contribution in [3.8, 4) is 5.82 Å². The zero-order valence-electron chi connectivity index (χ0n) is 16.1. The number of hydrogen-bond donors (Lipinski definition) is 1. The van der Waals surface area contributed by atoms with Gasteiger partial charge in [0.05, 0.1) is 18.7 Å². The van der Waals surface area contributed by atoms with Gasteiger partial charge in [0.1, 0.15) is 10.4 Å². The number of pyridine rings is 1. The van der Waals surface area contributed by atoms with Gasteiger partial charge in [-0.2, -0.15) is 4.98 Å². The molecule has 1 atom stereocenters. The highest BCUT2D eigenvalue weighted by Crippen LogP contribution is 2.34. The summed E-state index contributed by atoms with van der Waals surface area (Å²) in [6, 6.07) is 3.84. The molecule has 3 heterocycles. The third-order valence-corrected chi connectivity index (χ3v) is 6.16. The van der Waals surface area contributed by atoms with Crippen LogP contribution in [0.4, 0.5) is 5.95 Å². The van der Waals surface area contributed by atoms with Crippen molar-refractivity contribution in [3.05, 3.63) is 40.9 Å². The molecule has 3 rings (SSSR count). The molecule has 2 N–H and O–H groups in total. The fourth-order valence-electron chi connectivity index (χ4n) is 2.86. The lowest BCUT2D eigenvalue weighted by molar-refractivity contribution is 0.138. The summed E-state index contributed by atoms with van der Waals surface area (Å²) in [4.78, 5) is 12.8. The molecule has 0 saturated carbocycles. The molecular formula is C19H26BrN5OS. The van der Waals surface area contributed by atoms with Crippen LogP contribution in [0.3, 0.4) is 0 Å². The molecule has 0 amide bonds. The number of hydrogen-bond acceptors (Lipinski definition) is 5. The average Bonchev–Trinajstić information content (AvgIpc) is 2.96. The standard InChI is InChI=1S/C19H26BrN5OS/c1-13(12-26-7-8-27(2,3)4)15-11-25(18-5-6-22-19(21)24-18)16-9-17(20)23-10-14(15)16/h5-6,9-11,13H,7-8,12H2,1-4H3,(H2,21,22,24). The van der Waals surface area contributed by atoms with E-state index in [-0.39, 0.29) is 11.9 Å². The Morgan fingerprint density at radius 1 is 1.30 bits per heavy atom. The molecule has 0 fully saturated rings. The van der Waals surface area contributed by atoms with Gasteiger partial charge >= 0.3 is 0 Å². The van der Waals surface area contributed by atoms with Crippen LogP contribution in [-0.4, -0.2) is 57.3 Å². The van der Waals surface area contributed by atoms with E-state index in [9.17, 15) is 0 Å². The minimum Gasteiger partial charge on any atom is -0.380 e. The van der Waals surface area contributed by atoms with Crippen molar-refractivity contribution in [1.29, 1.82) is 0 Å². The Morgan fingerprint density at radius 3 is 2.78 bits per heavy atom. The van der Waals surface area contributed by atoms with Gasteiger partial charge in [0, 0.05) is 35.6 Å². The molecule has 0 aliphatic rings. The van der Waals surface area contributed by atoms with Gasteiger partial charge in [-0.3, -0.25) is 0 Å². The maximum Gasteiger partial charge on any atom is 0.221 e. The number of fused-ring (bicyclic) bond motifs is 1. The topological polar surface area (TPSA) is 78.9 Å². The van der Waals surface area contributed by atoms with Crippen LogP contribution in [0, 0.1) is 0 Å². The van der Waals surface area contributed by atoms with E-state index in [1.165, 1.54) is 5.56 Å². The number of ether oxygens (including phenoxy) is 1. The lowest BCUT2D eigenvalue weighted by atomic mass is 10.0. The molecule has 27 heavy (non-hydrogen) atoms. The van der Waals surface area contributed by atoms with E-state index in [0.29, 0.717) is 6.61 Å². The Hall–Kier alpha value is -1.64. The summed E-state index contributed by atoms with van der Waals surface area (Å²) in [6.45, 7) is 3.66. The summed E-state index contributed by atoms with van der Waals surface area (Å²) < 4.78 is 8.78. The molecule has 8 heteroatoms. The number of aromatic nitrogens is 4. The van der Waals surface area contributed by atoms with Crippen LogP contribution >= 0.6 is 26.0 Å². The Labute approximate surface area is 170 Å². The highest BCUT2D eigenvalue weighted by molar-refractivity contribution is 9.10. The van der Waals surface area contributed by atoms with Crippen molar-refractivity contribution in [2.75, 3.05) is 43.5 Å². The van der Waals surface area contributed by atoms with Crippen LogP contribution < -0.4 is 5.73 Å². The molecule has 6 nitrogen and oxygen atoms in total. The minimum absolute atomic E-state index is 0.242. The van der Waals surface area contributed by atoms with E-state index in [1.807, 2.05) is 22.9 Å². The van der Waals surface area contributed by atoms with Crippen molar-refractivity contribution in [2.45, 2.75) is 12.8 Å². The molecule has 0 radical (unpaired) electrons. The summed E-state index contributed by atoms with van der Waals surface area (Å²) in [5.41, 5.74) is 7.99. The molecule has 0 aliphatic heterocycles. The number of rotatable bonds is 7. The van der Waals surface area contributed by atoms with Gasteiger partial charge in [-0.25, -0.2) is 20.0 Å². The maximum absolute atomic E-state index is 5.97. The van der Waals surface area contributed by atoms with E-state index < -0.39 is 10.0 Å². The van der Waals surface area contributed by atoms with E-state index >= 15 is 0 Å². The summed E-state index contributed by atoms with van der Waals surface area (Å²) >= 11 is 3.47. The SMILES string of the molecule is CC(COCCS(C)(C)C)c1cn(-c2ccnc(N)n2)c2cc(Br)ncc12. The van der Waals surface area contributed by atoms with Crippen LogP contribution in [0.1, 0.15) is 18.4 Å². The predicted octanol–water partition coefficient (Wildman–Crippen LogP) is 3.97. The first kappa shape index (κ1) is 20.1. The van der Waals surface area contributed by atoms with Crippen molar-refractivity contribution < 1.29 is 4.74 Å². The summed E-state index contributed by atoms with van der Waals surface area (Å²) in [7, 11) is -0.532. The third-order valence-electron chi connectivity index (χ3n) is 4.33. The minimum atomic E-state index is -0.532. The summed E-state index contributed by atoms with van der Waals surface area (Å²) in [5.74, 6) is 2.35. The Kier molecular flexibility index (Phi) is 6.08. The van der Waals surface area contributed by atoms with E-state index in [1.54, 1.807) is 6.20 Å². The smallest absolute Gasteiger partial charge is 0.221 e. The highest BCUT2D eigenvalue weighted by atomic mass is 79.9. The van der Waals surface area contributed by atoms with Crippen LogP contribution in [0.15, 0.2) is 35.3 Å². The van der Waals surface area contributed by atoms with Gasteiger partial charge in [0.2, 0.25) is 5.95 Å². The van der Waals surface area contributed by atoms with Gasteiger partial charge in [-0.1, -0.05) is 6.92 Å². The van der Waals surface area contributed by atoms with Crippen LogP contribution in [-0.2, 0) is 4.74 Å². The van der Waals surface area contributed by atoms with Gasteiger partial charge in [-0.15, -0.1) is 0 Å². The Bertz CT molecular complexity index is 937. The lowest BCUT2D eigenvalue weighted by Gasteiger charge is -2.25. The molecule has 0 aromatic carbocycles. The Morgan fingerprint density at radius 2 is 2.07 bits per heavy atom. The zero-order chi connectivity index (χ0) is 19.6. The molecular weight excluding hydrogens is 426 g/mol. The van der Waals surface area contributed by atoms with Gasteiger partial charge in [-0.05, 0) is 52.4 Å². The number of nitrogens with zero attached hydrogens (tertiary/aromatic N) is 4. The largest absolute Gasteiger partial charge is 0.380 e. The molecule has 0 saturated heterocycles. The summed E-state index contributed by atoms with van der Waals surface area (Å²) in [6.07, 6.45) is 12.6. The predicted molar refractivity (Wildman–Crippen MR) is 118 cm³/mol. The van der Waals surface area contributed by atoms with Crippen LogP contribution in [0.5, 0.6) is 0 Å². The normalized spacial score (nSPS) is 13.8. The maximum atomic E-state index is 5.97. The van der Waals surface area contributed by atoms with Crippen molar-refractivity contribution in [2.24, 2.45) is 0 Å².